The van der Waals surface area contributed by atoms with Crippen molar-refractivity contribution >= 4 is 17.4 Å². The highest BCUT2D eigenvalue weighted by Gasteiger charge is 2.10. The average Bonchev–Trinajstić information content (AvgIpc) is 2.55. The van der Waals surface area contributed by atoms with Crippen LogP contribution in [0.25, 0.3) is 11.1 Å². The first-order valence-electron chi connectivity index (χ1n) is 6.37. The van der Waals surface area contributed by atoms with Crippen LogP contribution in [0.1, 0.15) is 11.3 Å². The summed E-state index contributed by atoms with van der Waals surface area (Å²) >= 11 is 5.92. The van der Waals surface area contributed by atoms with Crippen LogP contribution >= 0.6 is 11.6 Å². The highest BCUT2D eigenvalue weighted by atomic mass is 35.5. The van der Waals surface area contributed by atoms with Crippen LogP contribution in [0.3, 0.4) is 0 Å². The molecule has 6 heteroatoms. The molecule has 2 N–H and O–H groups in total. The lowest BCUT2D eigenvalue weighted by Crippen LogP contribution is -1.99. The Hall–Kier alpha value is -2.97. The van der Waals surface area contributed by atoms with Gasteiger partial charge in [-0.2, -0.15) is 0 Å². The van der Waals surface area contributed by atoms with Gasteiger partial charge in [0, 0.05) is 17.4 Å². The minimum absolute atomic E-state index is 0.367. The minimum Gasteiger partial charge on any atom is -0.383 e. The van der Waals surface area contributed by atoms with Gasteiger partial charge in [0.15, 0.2) is 0 Å². The third-order valence-electron chi connectivity index (χ3n) is 2.90. The van der Waals surface area contributed by atoms with Gasteiger partial charge in [-0.05, 0) is 23.6 Å². The van der Waals surface area contributed by atoms with Gasteiger partial charge in [0.1, 0.15) is 24.2 Å². The summed E-state index contributed by atoms with van der Waals surface area (Å²) in [5, 5.41) is 0.647. The van der Waals surface area contributed by atoms with E-state index in [4.69, 9.17) is 17.3 Å². The van der Waals surface area contributed by atoms with Crippen molar-refractivity contribution in [2.24, 2.45) is 0 Å². The van der Waals surface area contributed by atoms with E-state index in [1.54, 1.807) is 24.5 Å². The molecule has 0 fully saturated rings. The van der Waals surface area contributed by atoms with Crippen LogP contribution in [-0.4, -0.2) is 19.9 Å². The SMILES string of the molecule is Nc1ncnc(C#Cc2cncnc2)c1-c1ccc(Cl)cc1. The Balaban J connectivity index is 2.08. The quantitative estimate of drug-likeness (QED) is 0.699. The smallest absolute Gasteiger partial charge is 0.135 e. The average molecular weight is 308 g/mol. The summed E-state index contributed by atoms with van der Waals surface area (Å²) in [6, 6.07) is 7.28. The largest absolute Gasteiger partial charge is 0.383 e. The Kier molecular flexibility index (Phi) is 3.95. The number of nitrogens with zero attached hydrogens (tertiary/aromatic N) is 4. The van der Waals surface area contributed by atoms with Gasteiger partial charge in [-0.15, -0.1) is 0 Å². The van der Waals surface area contributed by atoms with Crippen LogP contribution in [0, 0.1) is 11.8 Å². The van der Waals surface area contributed by atoms with Gasteiger partial charge in [0.05, 0.1) is 11.1 Å². The molecule has 3 aromatic rings. The summed E-state index contributed by atoms with van der Waals surface area (Å²) in [5.74, 6) is 6.32. The molecule has 0 atom stereocenters. The van der Waals surface area contributed by atoms with Crippen molar-refractivity contribution in [3.8, 4) is 23.0 Å². The number of benzene rings is 1. The Labute approximate surface area is 132 Å². The molecule has 0 aliphatic carbocycles. The molecule has 2 aromatic heterocycles. The first kappa shape index (κ1) is 14.0. The zero-order chi connectivity index (χ0) is 15.4. The van der Waals surface area contributed by atoms with E-state index in [0.717, 1.165) is 5.56 Å². The molecule has 106 valence electrons. The first-order valence-corrected chi connectivity index (χ1v) is 6.75. The van der Waals surface area contributed by atoms with E-state index in [-0.39, 0.29) is 0 Å². The van der Waals surface area contributed by atoms with E-state index in [0.29, 0.717) is 27.7 Å². The molecule has 1 aromatic carbocycles. The standard InChI is InChI=1S/C16H10ClN5/c17-13-4-2-12(3-5-13)15-14(21-10-22-16(15)18)6-1-11-7-19-9-20-8-11/h2-5,7-10H,(H2,18,21,22). The van der Waals surface area contributed by atoms with E-state index in [1.807, 2.05) is 12.1 Å². The number of aromatic nitrogens is 4. The van der Waals surface area contributed by atoms with Gasteiger partial charge in [0.25, 0.3) is 0 Å². The van der Waals surface area contributed by atoms with E-state index in [1.165, 1.54) is 12.7 Å². The Morgan fingerprint density at radius 1 is 0.909 bits per heavy atom. The maximum absolute atomic E-state index is 5.98. The number of hydrogen-bond acceptors (Lipinski definition) is 5. The molecule has 0 aliphatic heterocycles. The van der Waals surface area contributed by atoms with Gasteiger partial charge in [-0.25, -0.2) is 19.9 Å². The molecular formula is C16H10ClN5. The fourth-order valence-corrected chi connectivity index (χ4v) is 2.02. The monoisotopic (exact) mass is 307 g/mol. The molecule has 0 saturated carbocycles. The van der Waals surface area contributed by atoms with Crippen molar-refractivity contribution < 1.29 is 0 Å². The van der Waals surface area contributed by atoms with E-state index < -0.39 is 0 Å². The summed E-state index contributed by atoms with van der Waals surface area (Å²) < 4.78 is 0. The molecule has 0 bridgehead atoms. The lowest BCUT2D eigenvalue weighted by atomic mass is 10.0. The summed E-state index contributed by atoms with van der Waals surface area (Å²) in [4.78, 5) is 16.1. The molecule has 0 unspecified atom stereocenters. The number of hydrogen-bond donors (Lipinski definition) is 1. The molecule has 2 heterocycles. The van der Waals surface area contributed by atoms with Crippen molar-refractivity contribution in [2.45, 2.75) is 0 Å². The third-order valence-corrected chi connectivity index (χ3v) is 3.15. The van der Waals surface area contributed by atoms with Gasteiger partial charge < -0.3 is 5.73 Å². The summed E-state index contributed by atoms with van der Waals surface area (Å²) in [6.45, 7) is 0. The number of nitrogens with two attached hydrogens (primary N) is 1. The van der Waals surface area contributed by atoms with Crippen LogP contribution in [0.5, 0.6) is 0 Å². The van der Waals surface area contributed by atoms with E-state index in [9.17, 15) is 0 Å². The Bertz CT molecular complexity index is 851. The van der Waals surface area contributed by atoms with E-state index >= 15 is 0 Å². The van der Waals surface area contributed by atoms with Crippen LogP contribution in [0.4, 0.5) is 5.82 Å². The zero-order valence-electron chi connectivity index (χ0n) is 11.4. The Morgan fingerprint density at radius 3 is 2.36 bits per heavy atom. The lowest BCUT2D eigenvalue weighted by molar-refractivity contribution is 1.15. The molecule has 0 radical (unpaired) electrons. The van der Waals surface area contributed by atoms with E-state index in [2.05, 4.69) is 31.8 Å². The van der Waals surface area contributed by atoms with Gasteiger partial charge in [-0.3, -0.25) is 0 Å². The summed E-state index contributed by atoms with van der Waals surface area (Å²) in [5.41, 5.74) is 8.76. The molecule has 0 aliphatic rings. The maximum Gasteiger partial charge on any atom is 0.135 e. The van der Waals surface area contributed by atoms with Crippen molar-refractivity contribution in [2.75, 3.05) is 5.73 Å². The van der Waals surface area contributed by atoms with Crippen LogP contribution in [-0.2, 0) is 0 Å². The van der Waals surface area contributed by atoms with Crippen LogP contribution in [0.15, 0.2) is 49.3 Å². The van der Waals surface area contributed by atoms with Gasteiger partial charge in [0.2, 0.25) is 0 Å². The molecule has 5 nitrogen and oxygen atoms in total. The van der Waals surface area contributed by atoms with Crippen LogP contribution < -0.4 is 5.73 Å². The van der Waals surface area contributed by atoms with Gasteiger partial charge in [-0.1, -0.05) is 29.7 Å². The molecule has 0 saturated heterocycles. The van der Waals surface area contributed by atoms with Crippen molar-refractivity contribution in [3.05, 3.63) is 65.6 Å². The predicted octanol–water partition coefficient (Wildman–Crippen LogP) is 2.57. The molecule has 0 amide bonds. The molecule has 0 spiro atoms. The second-order valence-electron chi connectivity index (χ2n) is 4.37. The number of anilines is 1. The van der Waals surface area contributed by atoms with Crippen molar-refractivity contribution in [1.29, 1.82) is 0 Å². The maximum atomic E-state index is 5.98. The Morgan fingerprint density at radius 2 is 1.64 bits per heavy atom. The number of nitrogen functional groups attached to an aromatic ring is 1. The van der Waals surface area contributed by atoms with Crippen LogP contribution in [0.2, 0.25) is 5.02 Å². The number of halogens is 1. The normalized spacial score (nSPS) is 9.86. The highest BCUT2D eigenvalue weighted by Crippen LogP contribution is 2.27. The third kappa shape index (κ3) is 3.03. The fourth-order valence-electron chi connectivity index (χ4n) is 1.89. The minimum atomic E-state index is 0.367. The zero-order valence-corrected chi connectivity index (χ0v) is 12.1. The van der Waals surface area contributed by atoms with Gasteiger partial charge >= 0.3 is 0 Å². The topological polar surface area (TPSA) is 77.6 Å². The summed E-state index contributed by atoms with van der Waals surface area (Å²) in [7, 11) is 0. The van der Waals surface area contributed by atoms with Crippen molar-refractivity contribution in [3.63, 3.8) is 0 Å². The van der Waals surface area contributed by atoms with Crippen molar-refractivity contribution in [1.82, 2.24) is 19.9 Å². The fraction of sp³-hybridized carbons (Fsp3) is 0. The first-order chi connectivity index (χ1) is 10.7. The second-order valence-corrected chi connectivity index (χ2v) is 4.80. The molecular weight excluding hydrogens is 298 g/mol. The highest BCUT2D eigenvalue weighted by molar-refractivity contribution is 6.30. The predicted molar refractivity (Wildman–Crippen MR) is 84.9 cm³/mol. The number of rotatable bonds is 1. The summed E-state index contributed by atoms with van der Waals surface area (Å²) in [6.07, 6.45) is 6.10. The molecule has 3 rings (SSSR count). The molecule has 22 heavy (non-hydrogen) atoms. The lowest BCUT2D eigenvalue weighted by Gasteiger charge is -2.06. The second kappa shape index (κ2) is 6.20.